The fourth-order valence-electron chi connectivity index (χ4n) is 1.31. The topological polar surface area (TPSA) is 47.6 Å². The molecule has 0 saturated carbocycles. The van der Waals surface area contributed by atoms with Gasteiger partial charge in [0.05, 0.1) is 13.0 Å². The average Bonchev–Trinajstić information content (AvgIpc) is 2.33. The lowest BCUT2D eigenvalue weighted by atomic mass is 10.1. The zero-order chi connectivity index (χ0) is 12.7. The first kappa shape index (κ1) is 14.2. The van der Waals surface area contributed by atoms with Gasteiger partial charge in [0.25, 0.3) is 0 Å². The van der Waals surface area contributed by atoms with Gasteiger partial charge in [-0.3, -0.25) is 4.79 Å². The van der Waals surface area contributed by atoms with Crippen LogP contribution in [0.15, 0.2) is 28.7 Å². The highest BCUT2D eigenvalue weighted by Crippen LogP contribution is 2.10. The maximum Gasteiger partial charge on any atom is 0.224 e. The molecule has 0 fully saturated rings. The number of halogens is 1. The molecule has 1 N–H and O–H groups in total. The summed E-state index contributed by atoms with van der Waals surface area (Å²) in [6, 6.07) is 7.65. The Bertz CT molecular complexity index is 349. The number of amides is 1. The molecule has 0 aromatic heterocycles. The second-order valence-corrected chi connectivity index (χ2v) is 4.42. The number of nitrogens with one attached hydrogen (secondary N) is 1. The minimum atomic E-state index is -0.399. The summed E-state index contributed by atoms with van der Waals surface area (Å²) in [4.78, 5) is 11.6. The Morgan fingerprint density at radius 2 is 1.88 bits per heavy atom. The van der Waals surface area contributed by atoms with Crippen molar-refractivity contribution in [2.45, 2.75) is 12.7 Å². The maximum absolute atomic E-state index is 11.6. The van der Waals surface area contributed by atoms with Crippen molar-refractivity contribution in [3.8, 4) is 0 Å². The molecular formula is C12H16BrNO3. The van der Waals surface area contributed by atoms with Crippen molar-refractivity contribution in [2.75, 3.05) is 20.8 Å². The number of rotatable bonds is 6. The summed E-state index contributed by atoms with van der Waals surface area (Å²) in [5.41, 5.74) is 0.970. The van der Waals surface area contributed by atoms with Crippen LogP contribution in [-0.4, -0.2) is 33.0 Å². The Balaban J connectivity index is 2.37. The Morgan fingerprint density at radius 3 is 2.41 bits per heavy atom. The van der Waals surface area contributed by atoms with E-state index in [1.54, 1.807) is 0 Å². The van der Waals surface area contributed by atoms with Crippen molar-refractivity contribution in [2.24, 2.45) is 0 Å². The summed E-state index contributed by atoms with van der Waals surface area (Å²) in [6.07, 6.45) is -0.0446. The standard InChI is InChI=1S/C12H16BrNO3/c1-16-12(17-2)8-14-11(15)7-9-3-5-10(13)6-4-9/h3-6,12H,7-8H2,1-2H3,(H,14,15). The molecule has 0 bridgehead atoms. The van der Waals surface area contributed by atoms with Crippen molar-refractivity contribution in [3.05, 3.63) is 34.3 Å². The second-order valence-electron chi connectivity index (χ2n) is 3.51. The zero-order valence-electron chi connectivity index (χ0n) is 9.90. The molecule has 1 rings (SSSR count). The molecule has 4 nitrogen and oxygen atoms in total. The highest BCUT2D eigenvalue weighted by molar-refractivity contribution is 9.10. The summed E-state index contributed by atoms with van der Waals surface area (Å²) in [5.74, 6) is -0.0496. The molecule has 0 aliphatic heterocycles. The fraction of sp³-hybridized carbons (Fsp3) is 0.417. The van der Waals surface area contributed by atoms with E-state index in [4.69, 9.17) is 9.47 Å². The van der Waals surface area contributed by atoms with Crippen LogP contribution in [0.25, 0.3) is 0 Å². The highest BCUT2D eigenvalue weighted by atomic mass is 79.9. The van der Waals surface area contributed by atoms with Gasteiger partial charge in [-0.15, -0.1) is 0 Å². The van der Waals surface area contributed by atoms with Crippen LogP contribution in [0, 0.1) is 0 Å². The molecule has 5 heteroatoms. The fourth-order valence-corrected chi connectivity index (χ4v) is 1.57. The van der Waals surface area contributed by atoms with E-state index in [0.29, 0.717) is 13.0 Å². The van der Waals surface area contributed by atoms with Crippen LogP contribution >= 0.6 is 15.9 Å². The lowest BCUT2D eigenvalue weighted by Crippen LogP contribution is -2.34. The predicted octanol–water partition coefficient (Wildman–Crippen LogP) is 1.73. The van der Waals surface area contributed by atoms with Gasteiger partial charge in [0.2, 0.25) is 5.91 Å². The zero-order valence-corrected chi connectivity index (χ0v) is 11.5. The second kappa shape index (κ2) is 7.42. The summed E-state index contributed by atoms with van der Waals surface area (Å²) in [7, 11) is 3.07. The van der Waals surface area contributed by atoms with Gasteiger partial charge < -0.3 is 14.8 Å². The average molecular weight is 302 g/mol. The first-order chi connectivity index (χ1) is 8.15. The molecule has 0 radical (unpaired) electrons. The Hall–Kier alpha value is -0.910. The molecule has 0 aliphatic rings. The third kappa shape index (κ3) is 5.30. The van der Waals surface area contributed by atoms with Gasteiger partial charge in [0.1, 0.15) is 0 Å². The van der Waals surface area contributed by atoms with E-state index in [-0.39, 0.29) is 5.91 Å². The normalized spacial score (nSPS) is 10.6. The number of hydrogen-bond donors (Lipinski definition) is 1. The van der Waals surface area contributed by atoms with Crippen LogP contribution < -0.4 is 5.32 Å². The smallest absolute Gasteiger partial charge is 0.224 e. The lowest BCUT2D eigenvalue weighted by Gasteiger charge is -2.13. The predicted molar refractivity (Wildman–Crippen MR) is 68.7 cm³/mol. The van der Waals surface area contributed by atoms with E-state index in [9.17, 15) is 4.79 Å². The van der Waals surface area contributed by atoms with E-state index < -0.39 is 6.29 Å². The largest absolute Gasteiger partial charge is 0.354 e. The quantitative estimate of drug-likeness (QED) is 0.814. The molecule has 0 aliphatic carbocycles. The van der Waals surface area contributed by atoms with Crippen LogP contribution in [0.4, 0.5) is 0 Å². The number of hydrogen-bond acceptors (Lipinski definition) is 3. The highest BCUT2D eigenvalue weighted by Gasteiger charge is 2.08. The number of carbonyl (C=O) groups is 1. The number of carbonyl (C=O) groups excluding carboxylic acids is 1. The molecule has 1 aromatic rings. The maximum atomic E-state index is 11.6. The molecule has 94 valence electrons. The van der Waals surface area contributed by atoms with Gasteiger partial charge in [-0.25, -0.2) is 0 Å². The van der Waals surface area contributed by atoms with E-state index in [1.807, 2.05) is 24.3 Å². The minimum Gasteiger partial charge on any atom is -0.354 e. The Kier molecular flexibility index (Phi) is 6.18. The van der Waals surface area contributed by atoms with E-state index in [1.165, 1.54) is 14.2 Å². The van der Waals surface area contributed by atoms with E-state index >= 15 is 0 Å². The van der Waals surface area contributed by atoms with Gasteiger partial charge in [0.15, 0.2) is 6.29 Å². The Labute approximate surface area is 109 Å². The molecule has 0 unspecified atom stereocenters. The van der Waals surface area contributed by atoms with Gasteiger partial charge in [-0.05, 0) is 17.7 Å². The van der Waals surface area contributed by atoms with Gasteiger partial charge >= 0.3 is 0 Å². The first-order valence-electron chi connectivity index (χ1n) is 5.22. The summed E-state index contributed by atoms with van der Waals surface area (Å²) >= 11 is 3.35. The Morgan fingerprint density at radius 1 is 1.29 bits per heavy atom. The number of benzene rings is 1. The number of methoxy groups -OCH3 is 2. The molecule has 17 heavy (non-hydrogen) atoms. The van der Waals surface area contributed by atoms with Crippen LogP contribution in [-0.2, 0) is 20.7 Å². The van der Waals surface area contributed by atoms with Crippen LogP contribution in [0.1, 0.15) is 5.56 Å². The SMILES string of the molecule is COC(CNC(=O)Cc1ccc(Br)cc1)OC. The minimum absolute atomic E-state index is 0.0496. The third-order valence-electron chi connectivity index (χ3n) is 2.27. The number of ether oxygens (including phenoxy) is 2. The van der Waals surface area contributed by atoms with Gasteiger partial charge in [-0.1, -0.05) is 28.1 Å². The summed E-state index contributed by atoms with van der Waals surface area (Å²) in [5, 5.41) is 2.75. The van der Waals surface area contributed by atoms with E-state index in [0.717, 1.165) is 10.0 Å². The van der Waals surface area contributed by atoms with Crippen molar-refractivity contribution in [1.82, 2.24) is 5.32 Å². The molecule has 1 amide bonds. The molecule has 0 atom stereocenters. The third-order valence-corrected chi connectivity index (χ3v) is 2.80. The lowest BCUT2D eigenvalue weighted by molar-refractivity contribution is -0.126. The molecular weight excluding hydrogens is 286 g/mol. The first-order valence-corrected chi connectivity index (χ1v) is 6.01. The van der Waals surface area contributed by atoms with E-state index in [2.05, 4.69) is 21.2 Å². The molecule has 0 spiro atoms. The van der Waals surface area contributed by atoms with Crippen molar-refractivity contribution < 1.29 is 14.3 Å². The summed E-state index contributed by atoms with van der Waals surface area (Å²) < 4.78 is 10.9. The van der Waals surface area contributed by atoms with Crippen molar-refractivity contribution in [1.29, 1.82) is 0 Å². The van der Waals surface area contributed by atoms with Gasteiger partial charge in [-0.2, -0.15) is 0 Å². The molecule has 1 aromatic carbocycles. The van der Waals surface area contributed by atoms with Crippen molar-refractivity contribution in [3.63, 3.8) is 0 Å². The van der Waals surface area contributed by atoms with Gasteiger partial charge in [0, 0.05) is 18.7 Å². The monoisotopic (exact) mass is 301 g/mol. The van der Waals surface area contributed by atoms with Crippen LogP contribution in [0.5, 0.6) is 0 Å². The van der Waals surface area contributed by atoms with Crippen molar-refractivity contribution >= 4 is 21.8 Å². The van der Waals surface area contributed by atoms with Crippen LogP contribution in [0.2, 0.25) is 0 Å². The van der Waals surface area contributed by atoms with Crippen LogP contribution in [0.3, 0.4) is 0 Å². The summed E-state index contributed by atoms with van der Waals surface area (Å²) in [6.45, 7) is 0.350. The molecule has 0 heterocycles. The molecule has 0 saturated heterocycles.